The summed E-state index contributed by atoms with van der Waals surface area (Å²) in [4.78, 5) is 9.17. The Labute approximate surface area is 443 Å². The third-order valence-electron chi connectivity index (χ3n) is 14.7. The topological polar surface area (TPSA) is 49.9 Å². The van der Waals surface area contributed by atoms with E-state index in [0.29, 0.717) is 23.0 Å². The highest BCUT2D eigenvalue weighted by atomic mass is 16.5. The average molecular weight is 981 g/mol. The summed E-state index contributed by atoms with van der Waals surface area (Å²) < 4.78 is 29.6. The summed E-state index contributed by atoms with van der Waals surface area (Å²) in [7, 11) is 0. The van der Waals surface area contributed by atoms with E-state index in [9.17, 15) is 0 Å². The Morgan fingerprint density at radius 3 is 0.974 bits per heavy atom. The molecule has 4 aliphatic rings. The van der Waals surface area contributed by atoms with Crippen LogP contribution in [0.4, 0.5) is 68.2 Å². The highest BCUT2D eigenvalue weighted by Crippen LogP contribution is 2.51. The minimum Gasteiger partial charge on any atom is -1.00 e. The molecule has 0 fully saturated rings. The van der Waals surface area contributed by atoms with Gasteiger partial charge >= 0.3 is 13.8 Å². The van der Waals surface area contributed by atoms with Gasteiger partial charge in [0.15, 0.2) is 0 Å². The largest absolute Gasteiger partial charge is 1.00 e. The van der Waals surface area contributed by atoms with E-state index in [1.807, 2.05) is 42.5 Å². The van der Waals surface area contributed by atoms with Crippen LogP contribution in [0.3, 0.4) is 0 Å². The highest BCUT2D eigenvalue weighted by Gasteiger charge is 2.47. The number of hydrogen-bond donors (Lipinski definition) is 0. The maximum Gasteiger partial charge on any atom is 0.436 e. The molecule has 4 heterocycles. The van der Waals surface area contributed by atoms with Crippen LogP contribution >= 0.6 is 0 Å². The average Bonchev–Trinajstić information content (AvgIpc) is 3.81. The van der Waals surface area contributed by atoms with Crippen molar-refractivity contribution < 1.29 is 20.2 Å². The second kappa shape index (κ2) is 17.9. The van der Waals surface area contributed by atoms with E-state index < -0.39 is 13.8 Å². The molecule has 15 rings (SSSR count). The molecule has 0 saturated carbocycles. The lowest BCUT2D eigenvalue weighted by molar-refractivity contribution is 0.460. The highest BCUT2D eigenvalue weighted by molar-refractivity contribution is 6.87. The van der Waals surface area contributed by atoms with E-state index in [0.717, 1.165) is 102 Å². The van der Waals surface area contributed by atoms with Gasteiger partial charge in [-0.05, 0) is 109 Å². The van der Waals surface area contributed by atoms with Crippen LogP contribution in [-0.2, 0) is 0 Å². The summed E-state index contributed by atoms with van der Waals surface area (Å²) in [6.45, 7) is -1.20. The van der Waals surface area contributed by atoms with Gasteiger partial charge in [0.2, 0.25) is 0 Å². The number of anilines is 12. The van der Waals surface area contributed by atoms with Crippen LogP contribution in [0.2, 0.25) is 0 Å². The van der Waals surface area contributed by atoms with Gasteiger partial charge in [-0.25, -0.2) is 0 Å². The smallest absolute Gasteiger partial charge is 0.436 e. The van der Waals surface area contributed by atoms with Crippen LogP contribution in [0.15, 0.2) is 267 Å². The fourth-order valence-electron chi connectivity index (χ4n) is 11.4. The summed E-state index contributed by atoms with van der Waals surface area (Å²) in [5.74, 6) is 4.10. The first-order valence-electron chi connectivity index (χ1n) is 25.6. The van der Waals surface area contributed by atoms with Crippen LogP contribution in [0, 0.1) is 0 Å². The number of hydrogen-bond acceptors (Lipinski definition) is 8. The monoisotopic (exact) mass is 980 g/mol. The second-order valence-corrected chi connectivity index (χ2v) is 19.2. The van der Waals surface area contributed by atoms with Gasteiger partial charge in [-0.3, -0.25) is 0 Å². The molecular formula is C66H45B2N4O4-. The molecule has 0 amide bonds. The molecule has 0 spiro atoms. The number of nitrogens with zero attached hydrogens (tertiary/aromatic N) is 4. The van der Waals surface area contributed by atoms with Crippen molar-refractivity contribution in [2.45, 2.75) is 0 Å². The van der Waals surface area contributed by atoms with Gasteiger partial charge in [0, 0.05) is 74.2 Å². The van der Waals surface area contributed by atoms with Gasteiger partial charge < -0.3 is 39.8 Å². The summed E-state index contributed by atoms with van der Waals surface area (Å²) in [5, 5.41) is 0. The molecule has 0 atom stereocenters. The summed E-state index contributed by atoms with van der Waals surface area (Å²) in [6.07, 6.45) is 0. The first-order chi connectivity index (χ1) is 37.7. The minimum atomic E-state index is -0.600. The Hall–Kier alpha value is -10.1. The first-order valence-corrected chi connectivity index (χ1v) is 25.6. The molecule has 76 heavy (non-hydrogen) atoms. The van der Waals surface area contributed by atoms with E-state index in [-0.39, 0.29) is 1.43 Å². The zero-order chi connectivity index (χ0) is 50.1. The van der Waals surface area contributed by atoms with Crippen LogP contribution in [0.25, 0.3) is 0 Å². The number of fused-ring (bicyclic) bond motifs is 6. The maximum atomic E-state index is 7.43. The molecule has 0 aromatic heterocycles. The van der Waals surface area contributed by atoms with E-state index in [2.05, 4.69) is 244 Å². The Morgan fingerprint density at radius 2 is 0.605 bits per heavy atom. The van der Waals surface area contributed by atoms with Crippen molar-refractivity contribution in [1.29, 1.82) is 0 Å². The Kier molecular flexibility index (Phi) is 10.2. The van der Waals surface area contributed by atoms with Crippen LogP contribution in [0.1, 0.15) is 1.43 Å². The van der Waals surface area contributed by atoms with E-state index >= 15 is 0 Å². The molecule has 0 aliphatic carbocycles. The van der Waals surface area contributed by atoms with Crippen molar-refractivity contribution >= 4 is 104 Å². The zero-order valence-corrected chi connectivity index (χ0v) is 41.0. The molecule has 11 aromatic carbocycles. The zero-order valence-electron chi connectivity index (χ0n) is 42.0. The second-order valence-electron chi connectivity index (χ2n) is 19.2. The third kappa shape index (κ3) is 7.17. The van der Waals surface area contributed by atoms with Crippen molar-refractivity contribution in [3.05, 3.63) is 267 Å². The Morgan fingerprint density at radius 1 is 0.276 bits per heavy atom. The molecule has 10 heteroatoms. The van der Waals surface area contributed by atoms with E-state index in [1.54, 1.807) is 0 Å². The molecule has 0 bridgehead atoms. The third-order valence-corrected chi connectivity index (χ3v) is 14.7. The minimum absolute atomic E-state index is 0. The molecule has 8 nitrogen and oxygen atoms in total. The summed E-state index contributed by atoms with van der Waals surface area (Å²) >= 11 is 0. The van der Waals surface area contributed by atoms with E-state index in [1.165, 1.54) is 0 Å². The van der Waals surface area contributed by atoms with Crippen LogP contribution in [0.5, 0.6) is 34.5 Å². The lowest BCUT2D eigenvalue weighted by Gasteiger charge is -2.34. The predicted molar refractivity (Wildman–Crippen MR) is 311 cm³/mol. The maximum absolute atomic E-state index is 7.43. The van der Waals surface area contributed by atoms with Crippen molar-refractivity contribution in [3.8, 4) is 34.5 Å². The van der Waals surface area contributed by atoms with Crippen molar-refractivity contribution in [2.24, 2.45) is 0 Å². The van der Waals surface area contributed by atoms with E-state index in [4.69, 9.17) is 18.8 Å². The first kappa shape index (κ1) is 43.5. The van der Waals surface area contributed by atoms with Gasteiger partial charge in [-0.15, -0.1) is 0 Å². The quantitative estimate of drug-likeness (QED) is 0.140. The lowest BCUT2D eigenvalue weighted by Crippen LogP contribution is -2.56. The SMILES string of the molecule is [2H-].c1ccc(N(c2ccccc2)c2cc3c4c(c2)N(c2ccccc2)c2ccccc2OB4c2cc4c(cc2O3)Oc2cc(N(c3ccccc3)c3ccccc3)cc3c2B4Oc2ccccc2N3c2ccccc2)cc1. The molecule has 0 radical (unpaired) electrons. The fraction of sp³-hybridized carbons (Fsp3) is 0. The lowest BCUT2D eigenvalue weighted by atomic mass is 9.48. The molecule has 360 valence electrons. The van der Waals surface area contributed by atoms with Gasteiger partial charge in [0.25, 0.3) is 0 Å². The van der Waals surface area contributed by atoms with Crippen molar-refractivity contribution in [1.82, 2.24) is 0 Å². The Balaban J connectivity index is 0.00000540. The Bertz CT molecular complexity index is 3660. The predicted octanol–water partition coefficient (Wildman–Crippen LogP) is 14.9. The number of rotatable bonds is 8. The van der Waals surface area contributed by atoms with Gasteiger partial charge in [0.05, 0.1) is 34.1 Å². The molecule has 0 saturated heterocycles. The molecule has 0 N–H and O–H groups in total. The molecule has 0 unspecified atom stereocenters. The molecule has 4 aliphatic heterocycles. The van der Waals surface area contributed by atoms with Crippen LogP contribution in [-0.4, -0.2) is 13.8 Å². The van der Waals surface area contributed by atoms with Crippen molar-refractivity contribution in [3.63, 3.8) is 0 Å². The summed E-state index contributed by atoms with van der Waals surface area (Å²) in [6, 6.07) is 92.6. The summed E-state index contributed by atoms with van der Waals surface area (Å²) in [5.41, 5.74) is 15.1. The van der Waals surface area contributed by atoms with Gasteiger partial charge in [-0.2, -0.15) is 0 Å². The standard InChI is InChI=1S/C66H44B2N4O4.H/c1-7-23-45(24-8-1)69(46-25-9-2-10-26-46)51-39-57-65-63(41-51)73-61-44-62-54(43-53(61)67(65)75-59-37-21-19-35-55(59)71(57)49-31-15-5-16-32-49)68-66-58(72(50-33-17-6-18-34-50)56-36-20-22-38-60(56)76-68)40-52(42-64(66)74-62)70(47-27-11-3-12-28-47)48-29-13-4-14-30-48;/h1-44H;/q;-1/i;1+1. The molecular weight excluding hydrogens is 934 g/mol. The number of benzene rings is 11. The molecule has 11 aromatic rings. The number of para-hydroxylation sites is 10. The van der Waals surface area contributed by atoms with Gasteiger partial charge in [0.1, 0.15) is 34.5 Å². The fourth-order valence-corrected chi connectivity index (χ4v) is 11.4. The van der Waals surface area contributed by atoms with Gasteiger partial charge in [-0.1, -0.05) is 140 Å². The normalized spacial score (nSPS) is 13.1. The number of ether oxygens (including phenoxy) is 2. The van der Waals surface area contributed by atoms with Crippen LogP contribution < -0.4 is 60.2 Å². The van der Waals surface area contributed by atoms with Crippen molar-refractivity contribution in [2.75, 3.05) is 19.6 Å².